The topological polar surface area (TPSA) is 41.6 Å². The number of carbonyl (C=O) groups excluding carboxylic acids is 1. The van der Waals surface area contributed by atoms with Crippen LogP contribution in [0.1, 0.15) is 17.3 Å². The summed E-state index contributed by atoms with van der Waals surface area (Å²) in [5.41, 5.74) is -0.284. The molecule has 0 aliphatic carbocycles. The highest BCUT2D eigenvalue weighted by Crippen LogP contribution is 2.11. The fourth-order valence-corrected chi connectivity index (χ4v) is 2.17. The van der Waals surface area contributed by atoms with Gasteiger partial charge in [0, 0.05) is 19.6 Å². The van der Waals surface area contributed by atoms with Crippen LogP contribution in [-0.2, 0) is 4.74 Å². The Kier molecular flexibility index (Phi) is 5.03. The van der Waals surface area contributed by atoms with Crippen LogP contribution < -0.4 is 5.32 Å². The van der Waals surface area contributed by atoms with Crippen LogP contribution in [0, 0.1) is 11.6 Å². The maximum atomic E-state index is 13.5. The number of nitrogens with one attached hydrogen (secondary N) is 1. The van der Waals surface area contributed by atoms with Gasteiger partial charge in [-0.3, -0.25) is 9.69 Å². The van der Waals surface area contributed by atoms with Gasteiger partial charge in [-0.25, -0.2) is 8.78 Å². The van der Waals surface area contributed by atoms with Crippen molar-refractivity contribution in [3.05, 3.63) is 35.4 Å². The van der Waals surface area contributed by atoms with E-state index in [0.717, 1.165) is 25.7 Å². The Labute approximate surface area is 116 Å². The molecule has 0 aromatic heterocycles. The van der Waals surface area contributed by atoms with Crippen LogP contribution in [0.2, 0.25) is 0 Å². The Morgan fingerprint density at radius 3 is 3.05 bits per heavy atom. The van der Waals surface area contributed by atoms with Gasteiger partial charge in [0.2, 0.25) is 0 Å². The average molecular weight is 284 g/mol. The second kappa shape index (κ2) is 6.76. The normalized spacial score (nSPS) is 19.9. The van der Waals surface area contributed by atoms with Crippen LogP contribution in [0.15, 0.2) is 18.2 Å². The van der Waals surface area contributed by atoms with Gasteiger partial charge in [-0.1, -0.05) is 13.0 Å². The highest BCUT2D eigenvalue weighted by atomic mass is 19.2. The van der Waals surface area contributed by atoms with E-state index < -0.39 is 17.5 Å². The fraction of sp³-hybridized carbons (Fsp3) is 0.500. The Balaban J connectivity index is 1.90. The monoisotopic (exact) mass is 284 g/mol. The van der Waals surface area contributed by atoms with Gasteiger partial charge in [0.25, 0.3) is 5.91 Å². The minimum Gasteiger partial charge on any atom is -0.374 e. The van der Waals surface area contributed by atoms with Gasteiger partial charge in [-0.2, -0.15) is 0 Å². The third-order valence-corrected chi connectivity index (χ3v) is 3.36. The molecule has 1 aliphatic rings. The molecule has 1 heterocycles. The third kappa shape index (κ3) is 3.52. The first-order valence-corrected chi connectivity index (χ1v) is 6.68. The Morgan fingerprint density at radius 1 is 1.50 bits per heavy atom. The number of likely N-dealkylation sites (N-methyl/N-ethyl adjacent to an activating group) is 1. The lowest BCUT2D eigenvalue weighted by Gasteiger charge is -2.32. The first kappa shape index (κ1) is 14.9. The lowest BCUT2D eigenvalue weighted by molar-refractivity contribution is -0.0246. The molecular formula is C14H18F2N2O2. The smallest absolute Gasteiger partial charge is 0.254 e. The largest absolute Gasteiger partial charge is 0.374 e. The van der Waals surface area contributed by atoms with Crippen LogP contribution >= 0.6 is 0 Å². The number of amides is 1. The van der Waals surface area contributed by atoms with E-state index in [-0.39, 0.29) is 18.2 Å². The van der Waals surface area contributed by atoms with Crippen LogP contribution in [0.4, 0.5) is 8.78 Å². The van der Waals surface area contributed by atoms with E-state index in [1.54, 1.807) is 0 Å². The molecule has 1 aromatic rings. The number of hydrogen-bond acceptors (Lipinski definition) is 3. The van der Waals surface area contributed by atoms with Gasteiger partial charge in [0.1, 0.15) is 0 Å². The van der Waals surface area contributed by atoms with Gasteiger partial charge < -0.3 is 10.1 Å². The summed E-state index contributed by atoms with van der Waals surface area (Å²) in [5, 5.41) is 2.58. The molecule has 1 aliphatic heterocycles. The van der Waals surface area contributed by atoms with E-state index in [9.17, 15) is 13.6 Å². The predicted octanol–water partition coefficient (Wildman–Crippen LogP) is 1.42. The van der Waals surface area contributed by atoms with E-state index in [1.165, 1.54) is 12.1 Å². The summed E-state index contributed by atoms with van der Waals surface area (Å²) >= 11 is 0. The lowest BCUT2D eigenvalue weighted by Crippen LogP contribution is -2.47. The molecule has 2 rings (SSSR count). The molecule has 1 aromatic carbocycles. The predicted molar refractivity (Wildman–Crippen MR) is 70.5 cm³/mol. The standard InChI is InChI=1S/C14H18F2N2O2/c1-2-18-6-7-20-10(9-18)8-17-14(19)11-4-3-5-12(15)13(11)16/h3-5,10H,2,6-9H2,1H3,(H,17,19). The molecule has 110 valence electrons. The highest BCUT2D eigenvalue weighted by Gasteiger charge is 2.21. The molecule has 0 radical (unpaired) electrons. The Morgan fingerprint density at radius 2 is 2.30 bits per heavy atom. The second-order valence-corrected chi connectivity index (χ2v) is 4.70. The summed E-state index contributed by atoms with van der Waals surface area (Å²) in [7, 11) is 0. The molecule has 1 amide bonds. The highest BCUT2D eigenvalue weighted by molar-refractivity contribution is 5.94. The summed E-state index contributed by atoms with van der Waals surface area (Å²) in [6.45, 7) is 5.48. The Hall–Kier alpha value is -1.53. The van der Waals surface area contributed by atoms with Crippen LogP contribution in [0.25, 0.3) is 0 Å². The van der Waals surface area contributed by atoms with Gasteiger partial charge in [-0.15, -0.1) is 0 Å². The summed E-state index contributed by atoms with van der Waals surface area (Å²) in [5.74, 6) is -2.77. The molecule has 1 unspecified atom stereocenters. The number of halogens is 2. The van der Waals surface area contributed by atoms with E-state index in [1.807, 2.05) is 0 Å². The third-order valence-electron chi connectivity index (χ3n) is 3.36. The maximum absolute atomic E-state index is 13.5. The lowest BCUT2D eigenvalue weighted by atomic mass is 10.2. The van der Waals surface area contributed by atoms with Gasteiger partial charge in [0.15, 0.2) is 11.6 Å². The maximum Gasteiger partial charge on any atom is 0.254 e. The van der Waals surface area contributed by atoms with E-state index in [0.29, 0.717) is 6.61 Å². The van der Waals surface area contributed by atoms with Crippen LogP contribution in [0.3, 0.4) is 0 Å². The first-order chi connectivity index (χ1) is 9.61. The summed E-state index contributed by atoms with van der Waals surface area (Å²) < 4.78 is 32.0. The number of morpholine rings is 1. The quantitative estimate of drug-likeness (QED) is 0.909. The average Bonchev–Trinajstić information content (AvgIpc) is 2.48. The van der Waals surface area contributed by atoms with Crippen molar-refractivity contribution in [1.29, 1.82) is 0 Å². The SMILES string of the molecule is CCN1CCOC(CNC(=O)c2cccc(F)c2F)C1. The van der Waals surface area contributed by atoms with E-state index in [2.05, 4.69) is 17.1 Å². The number of ether oxygens (including phenoxy) is 1. The molecule has 0 spiro atoms. The van der Waals surface area contributed by atoms with Crippen molar-refractivity contribution in [2.24, 2.45) is 0 Å². The molecule has 6 heteroatoms. The summed E-state index contributed by atoms with van der Waals surface area (Å²) in [6.07, 6.45) is -0.121. The van der Waals surface area contributed by atoms with Crippen molar-refractivity contribution >= 4 is 5.91 Å². The number of rotatable bonds is 4. The molecule has 20 heavy (non-hydrogen) atoms. The molecule has 1 N–H and O–H groups in total. The van der Waals surface area contributed by atoms with Crippen molar-refractivity contribution in [3.8, 4) is 0 Å². The minimum atomic E-state index is -1.12. The zero-order valence-corrected chi connectivity index (χ0v) is 11.4. The molecule has 0 saturated carbocycles. The fourth-order valence-electron chi connectivity index (χ4n) is 2.17. The number of nitrogens with zero attached hydrogens (tertiary/aromatic N) is 1. The first-order valence-electron chi connectivity index (χ1n) is 6.68. The second-order valence-electron chi connectivity index (χ2n) is 4.70. The molecule has 1 saturated heterocycles. The number of benzene rings is 1. The molecule has 1 atom stereocenters. The van der Waals surface area contributed by atoms with Crippen molar-refractivity contribution in [2.45, 2.75) is 13.0 Å². The number of hydrogen-bond donors (Lipinski definition) is 1. The van der Waals surface area contributed by atoms with Gasteiger partial charge >= 0.3 is 0 Å². The number of carbonyl (C=O) groups is 1. The molecule has 0 bridgehead atoms. The van der Waals surface area contributed by atoms with Crippen molar-refractivity contribution in [2.75, 3.05) is 32.8 Å². The van der Waals surface area contributed by atoms with Crippen LogP contribution in [0.5, 0.6) is 0 Å². The van der Waals surface area contributed by atoms with Crippen molar-refractivity contribution in [1.82, 2.24) is 10.2 Å². The van der Waals surface area contributed by atoms with Crippen molar-refractivity contribution in [3.63, 3.8) is 0 Å². The van der Waals surface area contributed by atoms with E-state index in [4.69, 9.17) is 4.74 Å². The molecular weight excluding hydrogens is 266 g/mol. The van der Waals surface area contributed by atoms with Crippen LogP contribution in [-0.4, -0.2) is 49.7 Å². The van der Waals surface area contributed by atoms with Crippen molar-refractivity contribution < 1.29 is 18.3 Å². The Bertz CT molecular complexity index is 482. The van der Waals surface area contributed by atoms with Gasteiger partial charge in [0.05, 0.1) is 18.3 Å². The minimum absolute atomic E-state index is 0.121. The zero-order chi connectivity index (χ0) is 14.5. The molecule has 4 nitrogen and oxygen atoms in total. The van der Waals surface area contributed by atoms with Gasteiger partial charge in [-0.05, 0) is 18.7 Å². The summed E-state index contributed by atoms with van der Waals surface area (Å²) in [4.78, 5) is 14.0. The molecule has 1 fully saturated rings. The van der Waals surface area contributed by atoms with E-state index >= 15 is 0 Å². The zero-order valence-electron chi connectivity index (χ0n) is 11.4. The summed E-state index contributed by atoms with van der Waals surface area (Å²) in [6, 6.07) is 3.55.